The van der Waals surface area contributed by atoms with Gasteiger partial charge in [-0.15, -0.1) is 0 Å². The minimum atomic E-state index is -0.0140. The van der Waals surface area contributed by atoms with Crippen LogP contribution in [0.4, 0.5) is 4.79 Å². The van der Waals surface area contributed by atoms with E-state index in [2.05, 4.69) is 40.6 Å². The number of urea groups is 1. The summed E-state index contributed by atoms with van der Waals surface area (Å²) < 4.78 is 5.41. The second-order valence-corrected chi connectivity index (χ2v) is 6.47. The van der Waals surface area contributed by atoms with Crippen LogP contribution in [0, 0.1) is 6.92 Å². The monoisotopic (exact) mass is 323 g/mol. The SMILES string of the molecule is Cc1ncc(CNC(=O)N2C3C=C(c4ccccc4)CC2CC3)o1. The minimum absolute atomic E-state index is 0.0140. The molecule has 2 amide bonds. The third-order valence-electron chi connectivity index (χ3n) is 4.86. The van der Waals surface area contributed by atoms with Crippen LogP contribution in [-0.2, 0) is 6.54 Å². The zero-order valence-corrected chi connectivity index (χ0v) is 13.7. The Kier molecular flexibility index (Phi) is 3.84. The van der Waals surface area contributed by atoms with E-state index in [-0.39, 0.29) is 18.1 Å². The summed E-state index contributed by atoms with van der Waals surface area (Å²) in [7, 11) is 0. The first-order valence-electron chi connectivity index (χ1n) is 8.44. The molecule has 5 nitrogen and oxygen atoms in total. The number of rotatable bonds is 3. The van der Waals surface area contributed by atoms with Crippen LogP contribution in [0.5, 0.6) is 0 Å². The van der Waals surface area contributed by atoms with Crippen LogP contribution in [-0.4, -0.2) is 28.0 Å². The third kappa shape index (κ3) is 2.82. The number of carbonyl (C=O) groups excluding carboxylic acids is 1. The molecular weight excluding hydrogens is 302 g/mol. The lowest BCUT2D eigenvalue weighted by Gasteiger charge is -2.34. The molecule has 2 aliphatic rings. The Labute approximate surface area is 141 Å². The summed E-state index contributed by atoms with van der Waals surface area (Å²) in [5.41, 5.74) is 2.63. The highest BCUT2D eigenvalue weighted by molar-refractivity contribution is 5.78. The van der Waals surface area contributed by atoms with E-state index < -0.39 is 0 Å². The van der Waals surface area contributed by atoms with Gasteiger partial charge in [0.15, 0.2) is 5.89 Å². The average molecular weight is 323 g/mol. The molecule has 2 unspecified atom stereocenters. The molecule has 1 saturated heterocycles. The normalized spacial score (nSPS) is 22.4. The fourth-order valence-electron chi connectivity index (χ4n) is 3.75. The number of fused-ring (bicyclic) bond motifs is 2. The van der Waals surface area contributed by atoms with Gasteiger partial charge in [0, 0.05) is 13.0 Å². The maximum atomic E-state index is 12.6. The van der Waals surface area contributed by atoms with E-state index >= 15 is 0 Å². The van der Waals surface area contributed by atoms with Crippen LogP contribution >= 0.6 is 0 Å². The van der Waals surface area contributed by atoms with E-state index in [1.807, 2.05) is 11.0 Å². The summed E-state index contributed by atoms with van der Waals surface area (Å²) in [5.74, 6) is 1.30. The molecule has 1 fully saturated rings. The Morgan fingerprint density at radius 2 is 2.17 bits per heavy atom. The summed E-state index contributed by atoms with van der Waals surface area (Å²) in [4.78, 5) is 18.7. The van der Waals surface area contributed by atoms with E-state index in [1.165, 1.54) is 11.1 Å². The Bertz CT molecular complexity index is 766. The largest absolute Gasteiger partial charge is 0.444 e. The second kappa shape index (κ2) is 6.15. The first-order valence-corrected chi connectivity index (χ1v) is 8.44. The maximum Gasteiger partial charge on any atom is 0.318 e. The lowest BCUT2D eigenvalue weighted by Crippen LogP contribution is -2.47. The predicted octanol–water partition coefficient (Wildman–Crippen LogP) is 3.51. The van der Waals surface area contributed by atoms with Crippen molar-refractivity contribution in [1.82, 2.24) is 15.2 Å². The summed E-state index contributed by atoms with van der Waals surface area (Å²) in [6.07, 6.45) is 6.95. The molecule has 124 valence electrons. The number of nitrogens with zero attached hydrogens (tertiary/aromatic N) is 2. The Morgan fingerprint density at radius 3 is 2.88 bits per heavy atom. The summed E-state index contributed by atoms with van der Waals surface area (Å²) in [6.45, 7) is 2.18. The molecule has 0 saturated carbocycles. The Morgan fingerprint density at radius 1 is 1.33 bits per heavy atom. The van der Waals surface area contributed by atoms with Crippen LogP contribution in [0.25, 0.3) is 5.57 Å². The molecule has 2 atom stereocenters. The quantitative estimate of drug-likeness (QED) is 0.940. The van der Waals surface area contributed by atoms with Gasteiger partial charge in [0.1, 0.15) is 5.76 Å². The molecule has 1 N–H and O–H groups in total. The minimum Gasteiger partial charge on any atom is -0.444 e. The zero-order chi connectivity index (χ0) is 16.5. The molecule has 5 heteroatoms. The van der Waals surface area contributed by atoms with Crippen molar-refractivity contribution in [2.75, 3.05) is 0 Å². The lowest BCUT2D eigenvalue weighted by molar-refractivity contribution is 0.178. The van der Waals surface area contributed by atoms with Crippen molar-refractivity contribution < 1.29 is 9.21 Å². The van der Waals surface area contributed by atoms with Crippen molar-refractivity contribution in [1.29, 1.82) is 0 Å². The van der Waals surface area contributed by atoms with Gasteiger partial charge >= 0.3 is 6.03 Å². The third-order valence-corrected chi connectivity index (χ3v) is 4.86. The van der Waals surface area contributed by atoms with E-state index in [1.54, 1.807) is 13.1 Å². The van der Waals surface area contributed by atoms with E-state index in [0.29, 0.717) is 18.2 Å². The van der Waals surface area contributed by atoms with E-state index in [9.17, 15) is 4.79 Å². The highest BCUT2D eigenvalue weighted by Gasteiger charge is 2.39. The fourth-order valence-corrected chi connectivity index (χ4v) is 3.75. The number of benzene rings is 1. The van der Waals surface area contributed by atoms with Gasteiger partial charge in [-0.05, 0) is 30.4 Å². The topological polar surface area (TPSA) is 58.4 Å². The Hall–Kier alpha value is -2.56. The molecular formula is C19H21N3O2. The van der Waals surface area contributed by atoms with Gasteiger partial charge in [-0.3, -0.25) is 0 Å². The van der Waals surface area contributed by atoms with Crippen LogP contribution in [0.1, 0.15) is 36.5 Å². The zero-order valence-electron chi connectivity index (χ0n) is 13.7. The van der Waals surface area contributed by atoms with Crippen LogP contribution in [0.2, 0.25) is 0 Å². The molecule has 2 bridgehead atoms. The van der Waals surface area contributed by atoms with Crippen molar-refractivity contribution in [3.05, 3.63) is 59.8 Å². The first kappa shape index (κ1) is 15.0. The summed E-state index contributed by atoms with van der Waals surface area (Å²) in [5, 5.41) is 2.96. The number of hydrogen-bond donors (Lipinski definition) is 1. The molecule has 1 aromatic carbocycles. The summed E-state index contributed by atoms with van der Waals surface area (Å²) in [6, 6.07) is 10.9. The van der Waals surface area contributed by atoms with Crippen LogP contribution < -0.4 is 5.32 Å². The number of carbonyl (C=O) groups is 1. The van der Waals surface area contributed by atoms with Crippen molar-refractivity contribution in [3.63, 3.8) is 0 Å². The molecule has 1 aromatic heterocycles. The number of amides is 2. The van der Waals surface area contributed by atoms with Crippen molar-refractivity contribution in [2.24, 2.45) is 0 Å². The van der Waals surface area contributed by atoms with Crippen molar-refractivity contribution >= 4 is 11.6 Å². The highest BCUT2D eigenvalue weighted by Crippen LogP contribution is 2.38. The highest BCUT2D eigenvalue weighted by atomic mass is 16.4. The smallest absolute Gasteiger partial charge is 0.318 e. The fraction of sp³-hybridized carbons (Fsp3) is 0.368. The summed E-state index contributed by atoms with van der Waals surface area (Å²) >= 11 is 0. The Balaban J connectivity index is 1.45. The molecule has 3 heterocycles. The van der Waals surface area contributed by atoms with Gasteiger partial charge < -0.3 is 14.6 Å². The van der Waals surface area contributed by atoms with Gasteiger partial charge in [0.25, 0.3) is 0 Å². The molecule has 0 radical (unpaired) electrons. The molecule has 2 aromatic rings. The van der Waals surface area contributed by atoms with Crippen molar-refractivity contribution in [2.45, 2.75) is 44.8 Å². The second-order valence-electron chi connectivity index (χ2n) is 6.47. The van der Waals surface area contributed by atoms with Crippen molar-refractivity contribution in [3.8, 4) is 0 Å². The molecule has 0 spiro atoms. The van der Waals surface area contributed by atoms with E-state index in [0.717, 1.165) is 19.3 Å². The first-order chi connectivity index (χ1) is 11.7. The number of aryl methyl sites for hydroxylation is 1. The number of aromatic nitrogens is 1. The van der Waals surface area contributed by atoms with Gasteiger partial charge in [0.2, 0.25) is 0 Å². The van der Waals surface area contributed by atoms with Gasteiger partial charge in [-0.1, -0.05) is 36.4 Å². The van der Waals surface area contributed by atoms with E-state index in [4.69, 9.17) is 4.42 Å². The van der Waals surface area contributed by atoms with Crippen LogP contribution in [0.15, 0.2) is 47.0 Å². The number of hydrogen-bond acceptors (Lipinski definition) is 3. The molecule has 24 heavy (non-hydrogen) atoms. The van der Waals surface area contributed by atoms with Gasteiger partial charge in [-0.2, -0.15) is 0 Å². The lowest BCUT2D eigenvalue weighted by atomic mass is 9.95. The number of oxazole rings is 1. The standard InChI is InChI=1S/C19H21N3O2/c1-13-20-11-18(24-13)12-21-19(23)22-16-7-8-17(22)10-15(9-16)14-5-3-2-4-6-14/h2-6,9,11,16-17H,7-8,10,12H2,1H3,(H,21,23). The van der Waals surface area contributed by atoms with Gasteiger partial charge in [-0.25, -0.2) is 9.78 Å². The molecule has 0 aliphatic carbocycles. The van der Waals surface area contributed by atoms with Gasteiger partial charge in [0.05, 0.1) is 18.8 Å². The molecule has 4 rings (SSSR count). The maximum absolute atomic E-state index is 12.6. The molecule has 2 aliphatic heterocycles. The average Bonchev–Trinajstić information content (AvgIpc) is 3.14. The number of nitrogens with one attached hydrogen (secondary N) is 1. The van der Waals surface area contributed by atoms with Crippen LogP contribution in [0.3, 0.4) is 0 Å². The predicted molar refractivity (Wildman–Crippen MR) is 91.2 cm³/mol.